The third-order valence-corrected chi connectivity index (χ3v) is 3.71. The zero-order chi connectivity index (χ0) is 16.8. The fourth-order valence-corrected chi connectivity index (χ4v) is 2.02. The maximum Gasteiger partial charge on any atom is 0.255 e. The van der Waals surface area contributed by atoms with E-state index in [0.717, 1.165) is 12.0 Å². The van der Waals surface area contributed by atoms with E-state index in [0.29, 0.717) is 16.8 Å². The summed E-state index contributed by atoms with van der Waals surface area (Å²) < 4.78 is 0. The minimum absolute atomic E-state index is 0.101. The minimum Gasteiger partial charge on any atom is -0.350 e. The van der Waals surface area contributed by atoms with E-state index in [1.54, 1.807) is 36.4 Å². The number of aryl methyl sites for hydroxylation is 1. The van der Waals surface area contributed by atoms with Crippen LogP contribution in [-0.4, -0.2) is 17.9 Å². The van der Waals surface area contributed by atoms with E-state index in [4.69, 9.17) is 0 Å². The first-order valence-corrected chi connectivity index (χ1v) is 7.78. The second kappa shape index (κ2) is 7.58. The van der Waals surface area contributed by atoms with Crippen molar-refractivity contribution in [2.24, 2.45) is 0 Å². The Bertz CT molecular complexity index is 676. The predicted octanol–water partition coefficient (Wildman–Crippen LogP) is 3.78. The van der Waals surface area contributed by atoms with E-state index < -0.39 is 0 Å². The zero-order valence-electron chi connectivity index (χ0n) is 13.7. The molecule has 0 spiro atoms. The van der Waals surface area contributed by atoms with Gasteiger partial charge in [-0.3, -0.25) is 9.59 Å². The number of hydrogen-bond acceptors (Lipinski definition) is 2. The Morgan fingerprint density at radius 3 is 2.00 bits per heavy atom. The topological polar surface area (TPSA) is 58.2 Å². The quantitative estimate of drug-likeness (QED) is 0.883. The summed E-state index contributed by atoms with van der Waals surface area (Å²) in [7, 11) is 0. The van der Waals surface area contributed by atoms with E-state index in [1.807, 2.05) is 32.9 Å². The molecule has 0 radical (unpaired) electrons. The smallest absolute Gasteiger partial charge is 0.255 e. The van der Waals surface area contributed by atoms with Gasteiger partial charge < -0.3 is 10.6 Å². The summed E-state index contributed by atoms with van der Waals surface area (Å²) >= 11 is 0. The normalized spacial score (nSPS) is 11.6. The summed E-state index contributed by atoms with van der Waals surface area (Å²) in [5.74, 6) is -0.266. The van der Waals surface area contributed by atoms with Crippen LogP contribution < -0.4 is 10.6 Å². The van der Waals surface area contributed by atoms with E-state index >= 15 is 0 Å². The molecule has 23 heavy (non-hydrogen) atoms. The van der Waals surface area contributed by atoms with E-state index in [9.17, 15) is 9.59 Å². The van der Waals surface area contributed by atoms with Gasteiger partial charge in [-0.25, -0.2) is 0 Å². The molecule has 0 aliphatic heterocycles. The van der Waals surface area contributed by atoms with Gasteiger partial charge in [0.15, 0.2) is 0 Å². The molecule has 2 amide bonds. The third-order valence-electron chi connectivity index (χ3n) is 3.71. The molecule has 0 saturated carbocycles. The van der Waals surface area contributed by atoms with Crippen molar-refractivity contribution < 1.29 is 9.59 Å². The van der Waals surface area contributed by atoms with Crippen LogP contribution in [0.5, 0.6) is 0 Å². The maximum absolute atomic E-state index is 12.1. The van der Waals surface area contributed by atoms with Gasteiger partial charge in [0.2, 0.25) is 0 Å². The molecule has 1 unspecified atom stereocenters. The summed E-state index contributed by atoms with van der Waals surface area (Å²) in [5, 5.41) is 5.74. The number of amides is 2. The second-order valence-corrected chi connectivity index (χ2v) is 5.68. The van der Waals surface area contributed by atoms with Gasteiger partial charge in [-0.1, -0.05) is 24.6 Å². The standard InChI is InChI=1S/C19H22N2O2/c1-4-14(3)20-18(22)16-9-11-17(12-10-16)21-19(23)15-7-5-13(2)6-8-15/h5-12,14H,4H2,1-3H3,(H,20,22)(H,21,23). The van der Waals surface area contributed by atoms with Crippen LogP contribution in [0, 0.1) is 6.92 Å². The highest BCUT2D eigenvalue weighted by atomic mass is 16.2. The second-order valence-electron chi connectivity index (χ2n) is 5.68. The zero-order valence-corrected chi connectivity index (χ0v) is 13.7. The highest BCUT2D eigenvalue weighted by molar-refractivity contribution is 6.04. The molecule has 1 atom stereocenters. The lowest BCUT2D eigenvalue weighted by Crippen LogP contribution is -2.31. The molecule has 0 fully saturated rings. The highest BCUT2D eigenvalue weighted by Crippen LogP contribution is 2.12. The molecule has 120 valence electrons. The van der Waals surface area contributed by atoms with E-state index in [-0.39, 0.29) is 17.9 Å². The third kappa shape index (κ3) is 4.68. The summed E-state index contributed by atoms with van der Waals surface area (Å²) in [6.07, 6.45) is 0.885. The average molecular weight is 310 g/mol. The molecule has 0 aliphatic rings. The van der Waals surface area contributed by atoms with Crippen LogP contribution in [0.3, 0.4) is 0 Å². The number of nitrogens with one attached hydrogen (secondary N) is 2. The van der Waals surface area contributed by atoms with Crippen LogP contribution in [0.1, 0.15) is 46.5 Å². The molecule has 0 bridgehead atoms. The van der Waals surface area contributed by atoms with Crippen LogP contribution in [0.15, 0.2) is 48.5 Å². The molecule has 0 saturated heterocycles. The largest absolute Gasteiger partial charge is 0.350 e. The molecule has 2 aromatic carbocycles. The molecule has 2 aromatic rings. The molecule has 4 nitrogen and oxygen atoms in total. The van der Waals surface area contributed by atoms with Gasteiger partial charge in [0.1, 0.15) is 0 Å². The number of carbonyl (C=O) groups excluding carboxylic acids is 2. The Morgan fingerprint density at radius 2 is 1.43 bits per heavy atom. The average Bonchev–Trinajstić information content (AvgIpc) is 2.55. The molecule has 4 heteroatoms. The van der Waals surface area contributed by atoms with Crippen molar-refractivity contribution in [1.82, 2.24) is 5.32 Å². The maximum atomic E-state index is 12.1. The van der Waals surface area contributed by atoms with Gasteiger partial charge in [0.25, 0.3) is 11.8 Å². The molecule has 0 aliphatic carbocycles. The Labute approximate surface area is 136 Å². The molecule has 2 N–H and O–H groups in total. The van der Waals surface area contributed by atoms with Crippen molar-refractivity contribution in [3.63, 3.8) is 0 Å². The Balaban J connectivity index is 2.01. The highest BCUT2D eigenvalue weighted by Gasteiger charge is 2.09. The summed E-state index contributed by atoms with van der Waals surface area (Å²) in [6, 6.07) is 14.4. The summed E-state index contributed by atoms with van der Waals surface area (Å²) in [4.78, 5) is 24.1. The minimum atomic E-state index is -0.165. The lowest BCUT2D eigenvalue weighted by molar-refractivity contribution is 0.0938. The van der Waals surface area contributed by atoms with Gasteiger partial charge in [-0.15, -0.1) is 0 Å². The van der Waals surface area contributed by atoms with Crippen LogP contribution in [0.4, 0.5) is 5.69 Å². The molecule has 0 aromatic heterocycles. The van der Waals surface area contributed by atoms with Crippen molar-refractivity contribution in [3.8, 4) is 0 Å². The first-order valence-electron chi connectivity index (χ1n) is 7.78. The monoisotopic (exact) mass is 310 g/mol. The first kappa shape index (κ1) is 16.7. The fourth-order valence-electron chi connectivity index (χ4n) is 2.02. The van der Waals surface area contributed by atoms with Gasteiger partial charge in [-0.2, -0.15) is 0 Å². The SMILES string of the molecule is CCC(C)NC(=O)c1ccc(NC(=O)c2ccc(C)cc2)cc1. The van der Waals surface area contributed by atoms with Crippen molar-refractivity contribution in [2.75, 3.05) is 5.32 Å². The van der Waals surface area contributed by atoms with Gasteiger partial charge in [-0.05, 0) is 56.7 Å². The summed E-state index contributed by atoms with van der Waals surface area (Å²) in [6.45, 7) is 5.97. The van der Waals surface area contributed by atoms with Crippen LogP contribution in [0.25, 0.3) is 0 Å². The Morgan fingerprint density at radius 1 is 0.913 bits per heavy atom. The Hall–Kier alpha value is -2.62. The molecule has 2 rings (SSSR count). The number of benzene rings is 2. The lowest BCUT2D eigenvalue weighted by Gasteiger charge is -2.12. The first-order chi connectivity index (χ1) is 11.0. The van der Waals surface area contributed by atoms with Crippen LogP contribution in [0.2, 0.25) is 0 Å². The van der Waals surface area contributed by atoms with Crippen molar-refractivity contribution in [3.05, 3.63) is 65.2 Å². The van der Waals surface area contributed by atoms with Gasteiger partial charge in [0, 0.05) is 22.9 Å². The molecular weight excluding hydrogens is 288 g/mol. The predicted molar refractivity (Wildman–Crippen MR) is 92.8 cm³/mol. The van der Waals surface area contributed by atoms with Crippen molar-refractivity contribution in [2.45, 2.75) is 33.2 Å². The van der Waals surface area contributed by atoms with Crippen molar-refractivity contribution >= 4 is 17.5 Å². The number of rotatable bonds is 5. The number of anilines is 1. The molecule has 0 heterocycles. The number of hydrogen-bond donors (Lipinski definition) is 2. The molecular formula is C19H22N2O2. The Kier molecular flexibility index (Phi) is 5.52. The van der Waals surface area contributed by atoms with E-state index in [2.05, 4.69) is 10.6 Å². The lowest BCUT2D eigenvalue weighted by atomic mass is 10.1. The van der Waals surface area contributed by atoms with Crippen LogP contribution in [-0.2, 0) is 0 Å². The van der Waals surface area contributed by atoms with Gasteiger partial charge >= 0.3 is 0 Å². The van der Waals surface area contributed by atoms with Crippen molar-refractivity contribution in [1.29, 1.82) is 0 Å². The van der Waals surface area contributed by atoms with E-state index in [1.165, 1.54) is 0 Å². The summed E-state index contributed by atoms with van der Waals surface area (Å²) in [5.41, 5.74) is 2.96. The number of carbonyl (C=O) groups is 2. The van der Waals surface area contributed by atoms with Crippen LogP contribution >= 0.6 is 0 Å². The van der Waals surface area contributed by atoms with Gasteiger partial charge in [0.05, 0.1) is 0 Å². The fraction of sp³-hybridized carbons (Fsp3) is 0.263.